The largest absolute Gasteiger partial charge is 0.484 e. The number of hydrogen-bond donors (Lipinski definition) is 2. The maximum Gasteiger partial charge on any atom is 0.258 e. The molecule has 0 radical (unpaired) electrons. The molecule has 1 saturated heterocycles. The van der Waals surface area contributed by atoms with Gasteiger partial charge in [0, 0.05) is 13.2 Å². The molecular formula is C14H20N2O3. The van der Waals surface area contributed by atoms with Crippen molar-refractivity contribution in [2.45, 2.75) is 32.0 Å². The van der Waals surface area contributed by atoms with Gasteiger partial charge in [0.15, 0.2) is 6.61 Å². The Balaban J connectivity index is 1.76. The lowest BCUT2D eigenvalue weighted by molar-refractivity contribution is -0.124. The van der Waals surface area contributed by atoms with Crippen molar-refractivity contribution in [1.29, 1.82) is 0 Å². The van der Waals surface area contributed by atoms with Crippen LogP contribution in [0.2, 0.25) is 0 Å². The fourth-order valence-electron chi connectivity index (χ4n) is 2.04. The summed E-state index contributed by atoms with van der Waals surface area (Å²) in [5.74, 6) is 0.549. The van der Waals surface area contributed by atoms with Gasteiger partial charge in [-0.2, -0.15) is 0 Å². The lowest BCUT2D eigenvalue weighted by Gasteiger charge is -2.16. The van der Waals surface area contributed by atoms with Crippen LogP contribution in [0.4, 0.5) is 0 Å². The number of carbonyl (C=O) groups is 1. The third-order valence-electron chi connectivity index (χ3n) is 3.25. The normalized spacial score (nSPS) is 22.2. The summed E-state index contributed by atoms with van der Waals surface area (Å²) in [5.41, 5.74) is 6.55. The number of hydrogen-bond acceptors (Lipinski definition) is 4. The van der Waals surface area contributed by atoms with E-state index in [2.05, 4.69) is 5.32 Å². The van der Waals surface area contributed by atoms with Crippen molar-refractivity contribution in [3.05, 3.63) is 29.8 Å². The number of amides is 1. The fraction of sp³-hybridized carbons (Fsp3) is 0.500. The number of carbonyl (C=O) groups excluding carboxylic acids is 1. The standard InChI is InChI=1S/C14H20N2O3/c1-10-13(6-7-18-10)16-14(17)9-19-12-4-2-11(8-15)3-5-12/h2-5,10,13H,6-9,15H2,1H3,(H,16,17). The van der Waals surface area contributed by atoms with E-state index in [1.54, 1.807) is 0 Å². The van der Waals surface area contributed by atoms with Gasteiger partial charge in [0.05, 0.1) is 12.1 Å². The Morgan fingerprint density at radius 3 is 2.79 bits per heavy atom. The lowest BCUT2D eigenvalue weighted by atomic mass is 10.1. The molecule has 1 amide bonds. The van der Waals surface area contributed by atoms with Crippen LogP contribution in [0.3, 0.4) is 0 Å². The highest BCUT2D eigenvalue weighted by molar-refractivity contribution is 5.77. The van der Waals surface area contributed by atoms with E-state index < -0.39 is 0 Å². The van der Waals surface area contributed by atoms with E-state index in [-0.39, 0.29) is 24.7 Å². The van der Waals surface area contributed by atoms with Gasteiger partial charge >= 0.3 is 0 Å². The molecule has 0 bridgehead atoms. The predicted molar refractivity (Wildman–Crippen MR) is 71.8 cm³/mol. The molecule has 1 aliphatic heterocycles. The third-order valence-corrected chi connectivity index (χ3v) is 3.25. The molecule has 1 aromatic carbocycles. The average Bonchev–Trinajstić information content (AvgIpc) is 2.82. The molecule has 104 valence electrons. The van der Waals surface area contributed by atoms with Crippen molar-refractivity contribution in [2.75, 3.05) is 13.2 Å². The molecule has 1 aromatic rings. The summed E-state index contributed by atoms with van der Waals surface area (Å²) < 4.78 is 10.8. The van der Waals surface area contributed by atoms with E-state index in [4.69, 9.17) is 15.2 Å². The first kappa shape index (κ1) is 13.8. The molecular weight excluding hydrogens is 244 g/mol. The summed E-state index contributed by atoms with van der Waals surface area (Å²) >= 11 is 0. The minimum Gasteiger partial charge on any atom is -0.484 e. The van der Waals surface area contributed by atoms with E-state index in [0.29, 0.717) is 18.9 Å². The molecule has 5 heteroatoms. The molecule has 0 aliphatic carbocycles. The van der Waals surface area contributed by atoms with Crippen LogP contribution in [0.5, 0.6) is 5.75 Å². The van der Waals surface area contributed by atoms with E-state index in [0.717, 1.165) is 12.0 Å². The van der Waals surface area contributed by atoms with Crippen LogP contribution in [0.15, 0.2) is 24.3 Å². The van der Waals surface area contributed by atoms with E-state index in [1.807, 2.05) is 31.2 Å². The monoisotopic (exact) mass is 264 g/mol. The Morgan fingerprint density at radius 1 is 1.47 bits per heavy atom. The first-order valence-corrected chi connectivity index (χ1v) is 6.52. The topological polar surface area (TPSA) is 73.6 Å². The highest BCUT2D eigenvalue weighted by Crippen LogP contribution is 2.13. The summed E-state index contributed by atoms with van der Waals surface area (Å²) in [5, 5.41) is 2.91. The van der Waals surface area contributed by atoms with Gasteiger partial charge in [-0.05, 0) is 31.0 Å². The zero-order valence-corrected chi connectivity index (χ0v) is 11.1. The zero-order chi connectivity index (χ0) is 13.7. The maximum absolute atomic E-state index is 11.7. The number of rotatable bonds is 5. The van der Waals surface area contributed by atoms with Crippen molar-refractivity contribution in [1.82, 2.24) is 5.32 Å². The predicted octanol–water partition coefficient (Wildman–Crippen LogP) is 0.818. The van der Waals surface area contributed by atoms with Crippen molar-refractivity contribution in [3.8, 4) is 5.75 Å². The summed E-state index contributed by atoms with van der Waals surface area (Å²) in [6.07, 6.45) is 0.936. The van der Waals surface area contributed by atoms with Gasteiger partial charge in [-0.1, -0.05) is 12.1 Å². The Morgan fingerprint density at radius 2 is 2.21 bits per heavy atom. The number of ether oxygens (including phenoxy) is 2. The second kappa shape index (κ2) is 6.54. The van der Waals surface area contributed by atoms with Gasteiger partial charge in [0.1, 0.15) is 5.75 Å². The molecule has 0 spiro atoms. The van der Waals surface area contributed by atoms with E-state index in [9.17, 15) is 4.79 Å². The smallest absolute Gasteiger partial charge is 0.258 e. The Hall–Kier alpha value is -1.59. The molecule has 19 heavy (non-hydrogen) atoms. The first-order valence-electron chi connectivity index (χ1n) is 6.52. The molecule has 5 nitrogen and oxygen atoms in total. The molecule has 2 unspecified atom stereocenters. The number of nitrogens with one attached hydrogen (secondary N) is 1. The van der Waals surface area contributed by atoms with Crippen LogP contribution < -0.4 is 15.8 Å². The van der Waals surface area contributed by atoms with Crippen LogP contribution in [0.25, 0.3) is 0 Å². The second-order valence-electron chi connectivity index (χ2n) is 4.68. The average molecular weight is 264 g/mol. The summed E-state index contributed by atoms with van der Waals surface area (Å²) in [6, 6.07) is 7.50. The summed E-state index contributed by atoms with van der Waals surface area (Å²) in [7, 11) is 0. The van der Waals surface area contributed by atoms with Crippen LogP contribution in [-0.2, 0) is 16.1 Å². The Labute approximate surface area is 113 Å². The minimum atomic E-state index is -0.120. The number of benzene rings is 1. The minimum absolute atomic E-state index is 0.0190. The number of nitrogens with two attached hydrogens (primary N) is 1. The van der Waals surface area contributed by atoms with Gasteiger partial charge in [-0.15, -0.1) is 0 Å². The highest BCUT2D eigenvalue weighted by Gasteiger charge is 2.25. The SMILES string of the molecule is CC1OCCC1NC(=O)COc1ccc(CN)cc1. The van der Waals surface area contributed by atoms with Gasteiger partial charge in [-0.25, -0.2) is 0 Å². The van der Waals surface area contributed by atoms with Crippen LogP contribution >= 0.6 is 0 Å². The molecule has 0 aromatic heterocycles. The molecule has 1 fully saturated rings. The third kappa shape index (κ3) is 3.94. The van der Waals surface area contributed by atoms with Crippen molar-refractivity contribution >= 4 is 5.91 Å². The van der Waals surface area contributed by atoms with Gasteiger partial charge < -0.3 is 20.5 Å². The second-order valence-corrected chi connectivity index (χ2v) is 4.68. The first-order chi connectivity index (χ1) is 9.19. The van der Waals surface area contributed by atoms with Gasteiger partial charge in [-0.3, -0.25) is 4.79 Å². The molecule has 1 heterocycles. The Bertz CT molecular complexity index is 419. The van der Waals surface area contributed by atoms with Crippen LogP contribution in [0.1, 0.15) is 18.9 Å². The van der Waals surface area contributed by atoms with Crippen LogP contribution in [-0.4, -0.2) is 31.3 Å². The molecule has 1 aliphatic rings. The van der Waals surface area contributed by atoms with E-state index >= 15 is 0 Å². The lowest BCUT2D eigenvalue weighted by Crippen LogP contribution is -2.41. The fourth-order valence-corrected chi connectivity index (χ4v) is 2.04. The van der Waals surface area contributed by atoms with Crippen LogP contribution in [0, 0.1) is 0 Å². The van der Waals surface area contributed by atoms with Gasteiger partial charge in [0.2, 0.25) is 0 Å². The van der Waals surface area contributed by atoms with E-state index in [1.165, 1.54) is 0 Å². The van der Waals surface area contributed by atoms with Crippen molar-refractivity contribution < 1.29 is 14.3 Å². The maximum atomic E-state index is 11.7. The molecule has 3 N–H and O–H groups in total. The van der Waals surface area contributed by atoms with Crippen molar-refractivity contribution in [2.24, 2.45) is 5.73 Å². The molecule has 2 rings (SSSR count). The molecule has 0 saturated carbocycles. The summed E-state index contributed by atoms with van der Waals surface area (Å²) in [6.45, 7) is 3.18. The van der Waals surface area contributed by atoms with Crippen molar-refractivity contribution in [3.63, 3.8) is 0 Å². The highest BCUT2D eigenvalue weighted by atomic mass is 16.5. The zero-order valence-electron chi connectivity index (χ0n) is 11.1. The molecule has 2 atom stereocenters. The quantitative estimate of drug-likeness (QED) is 0.825. The van der Waals surface area contributed by atoms with Gasteiger partial charge in [0.25, 0.3) is 5.91 Å². The summed E-state index contributed by atoms with van der Waals surface area (Å²) in [4.78, 5) is 11.7. The Kier molecular flexibility index (Phi) is 4.76.